The van der Waals surface area contributed by atoms with Crippen molar-refractivity contribution in [2.24, 2.45) is 0 Å². The maximum Gasteiger partial charge on any atom is 0.166 e. The molecule has 1 aromatic carbocycles. The molecule has 2 aromatic rings. The average molecular weight is 312 g/mol. The molecule has 0 spiro atoms. The van der Waals surface area contributed by atoms with Gasteiger partial charge < -0.3 is 9.84 Å². The van der Waals surface area contributed by atoms with Gasteiger partial charge in [0.05, 0.1) is 18.0 Å². The molecule has 1 N–H and O–H groups in total. The van der Waals surface area contributed by atoms with Crippen LogP contribution in [0.25, 0.3) is 0 Å². The van der Waals surface area contributed by atoms with E-state index in [-0.39, 0.29) is 5.75 Å². The van der Waals surface area contributed by atoms with Crippen LogP contribution in [0.15, 0.2) is 41.0 Å². The quantitative estimate of drug-likeness (QED) is 0.936. The summed E-state index contributed by atoms with van der Waals surface area (Å²) in [5, 5.41) is 9.31. The smallest absolute Gasteiger partial charge is 0.166 e. The lowest BCUT2D eigenvalue weighted by molar-refractivity contribution is 0.194. The van der Waals surface area contributed by atoms with Crippen molar-refractivity contribution >= 4 is 15.9 Å². The lowest BCUT2D eigenvalue weighted by Gasteiger charge is -2.08. The minimum atomic E-state index is -0.636. The number of ether oxygens (including phenoxy) is 1. The first-order valence-electron chi connectivity index (χ1n) is 5.33. The third-order valence-corrected chi connectivity index (χ3v) is 2.80. The van der Waals surface area contributed by atoms with Crippen LogP contribution in [0.3, 0.4) is 0 Å². The van der Waals surface area contributed by atoms with Gasteiger partial charge in [-0.3, -0.25) is 4.98 Å². The Morgan fingerprint density at radius 1 is 1.33 bits per heavy atom. The summed E-state index contributed by atoms with van der Waals surface area (Å²) in [6, 6.07) is 7.82. The molecule has 0 bridgehead atoms. The Balaban J connectivity index is 2.18. The van der Waals surface area contributed by atoms with Crippen LogP contribution < -0.4 is 4.74 Å². The van der Waals surface area contributed by atoms with E-state index in [1.54, 1.807) is 25.1 Å². The normalized spacial score (nSPS) is 12.2. The lowest BCUT2D eigenvalue weighted by atomic mass is 10.2. The molecule has 0 aliphatic heterocycles. The molecule has 0 saturated carbocycles. The third-order valence-electron chi connectivity index (χ3n) is 2.31. The van der Waals surface area contributed by atoms with E-state index in [0.717, 1.165) is 0 Å². The Bertz CT molecular complexity index is 543. The van der Waals surface area contributed by atoms with Crippen molar-refractivity contribution in [2.75, 3.05) is 0 Å². The monoisotopic (exact) mass is 311 g/mol. The van der Waals surface area contributed by atoms with E-state index in [4.69, 9.17) is 4.74 Å². The minimum Gasteiger partial charge on any atom is -0.453 e. The van der Waals surface area contributed by atoms with Gasteiger partial charge >= 0.3 is 0 Å². The maximum absolute atomic E-state index is 13.5. The minimum absolute atomic E-state index is 0.129. The first kappa shape index (κ1) is 13.0. The number of pyridine rings is 1. The van der Waals surface area contributed by atoms with Crippen molar-refractivity contribution in [3.63, 3.8) is 0 Å². The molecule has 0 radical (unpaired) electrons. The van der Waals surface area contributed by atoms with Crippen LogP contribution in [0.1, 0.15) is 18.7 Å². The number of benzene rings is 1. The molecular formula is C13H11BrFNO2. The predicted molar refractivity (Wildman–Crippen MR) is 69.0 cm³/mol. The van der Waals surface area contributed by atoms with E-state index >= 15 is 0 Å². The van der Waals surface area contributed by atoms with Crippen LogP contribution >= 0.6 is 15.9 Å². The number of aliphatic hydroxyl groups is 1. The van der Waals surface area contributed by atoms with Gasteiger partial charge in [0.2, 0.25) is 0 Å². The molecule has 0 aliphatic carbocycles. The zero-order valence-electron chi connectivity index (χ0n) is 9.60. The topological polar surface area (TPSA) is 42.4 Å². The Morgan fingerprint density at radius 2 is 2.11 bits per heavy atom. The number of nitrogens with zero attached hydrogens (tertiary/aromatic N) is 1. The van der Waals surface area contributed by atoms with Gasteiger partial charge in [0, 0.05) is 4.47 Å². The second kappa shape index (κ2) is 5.46. The van der Waals surface area contributed by atoms with E-state index in [9.17, 15) is 9.50 Å². The average Bonchev–Trinajstić information content (AvgIpc) is 2.33. The van der Waals surface area contributed by atoms with E-state index in [2.05, 4.69) is 20.9 Å². The van der Waals surface area contributed by atoms with Crippen molar-refractivity contribution in [1.82, 2.24) is 4.98 Å². The molecule has 18 heavy (non-hydrogen) atoms. The number of hydrogen-bond donors (Lipinski definition) is 1. The molecule has 5 heteroatoms. The number of halogens is 2. The summed E-state index contributed by atoms with van der Waals surface area (Å²) in [6.45, 7) is 1.62. The SMILES string of the molecule is CC(O)c1ccc(Oc2ccc(Br)cc2F)cn1. The van der Waals surface area contributed by atoms with Crippen molar-refractivity contribution in [3.05, 3.63) is 52.5 Å². The molecule has 0 fully saturated rings. The first-order valence-corrected chi connectivity index (χ1v) is 6.12. The van der Waals surface area contributed by atoms with Crippen LogP contribution in [0.5, 0.6) is 11.5 Å². The van der Waals surface area contributed by atoms with Gasteiger partial charge in [0.25, 0.3) is 0 Å². The molecule has 2 rings (SSSR count). The maximum atomic E-state index is 13.5. The zero-order chi connectivity index (χ0) is 13.1. The highest BCUT2D eigenvalue weighted by atomic mass is 79.9. The Hall–Kier alpha value is -1.46. The van der Waals surface area contributed by atoms with E-state index < -0.39 is 11.9 Å². The van der Waals surface area contributed by atoms with Gasteiger partial charge in [-0.15, -0.1) is 0 Å². The van der Waals surface area contributed by atoms with Crippen molar-refractivity contribution in [2.45, 2.75) is 13.0 Å². The fourth-order valence-corrected chi connectivity index (χ4v) is 1.72. The number of aromatic nitrogens is 1. The Labute approximate surface area is 112 Å². The van der Waals surface area contributed by atoms with E-state index in [1.807, 2.05) is 0 Å². The molecule has 0 amide bonds. The molecule has 1 atom stereocenters. The molecule has 0 saturated heterocycles. The molecular weight excluding hydrogens is 301 g/mol. The summed E-state index contributed by atoms with van der Waals surface area (Å²) in [5.74, 6) is 0.0920. The molecule has 1 aromatic heterocycles. The fourth-order valence-electron chi connectivity index (χ4n) is 1.38. The zero-order valence-corrected chi connectivity index (χ0v) is 11.2. The van der Waals surface area contributed by atoms with Crippen LogP contribution in [0.4, 0.5) is 4.39 Å². The molecule has 3 nitrogen and oxygen atoms in total. The molecule has 0 aliphatic rings. The van der Waals surface area contributed by atoms with Gasteiger partial charge in [-0.2, -0.15) is 0 Å². The van der Waals surface area contributed by atoms with Crippen LogP contribution in [-0.4, -0.2) is 10.1 Å². The summed E-state index contributed by atoms with van der Waals surface area (Å²) < 4.78 is 19.5. The van der Waals surface area contributed by atoms with Crippen LogP contribution in [0.2, 0.25) is 0 Å². The van der Waals surface area contributed by atoms with Gasteiger partial charge in [-0.1, -0.05) is 15.9 Å². The highest BCUT2D eigenvalue weighted by Crippen LogP contribution is 2.26. The predicted octanol–water partition coefficient (Wildman–Crippen LogP) is 3.83. The first-order chi connectivity index (χ1) is 8.56. The number of aliphatic hydroxyl groups excluding tert-OH is 1. The molecule has 94 valence electrons. The summed E-state index contributed by atoms with van der Waals surface area (Å²) >= 11 is 3.17. The van der Waals surface area contributed by atoms with Crippen molar-refractivity contribution in [1.29, 1.82) is 0 Å². The number of rotatable bonds is 3. The summed E-state index contributed by atoms with van der Waals surface area (Å²) in [7, 11) is 0. The molecule has 1 heterocycles. The standard InChI is InChI=1S/C13H11BrFNO2/c1-8(17)12-4-3-10(7-16-12)18-13-5-2-9(14)6-11(13)15/h2-8,17H,1H3. The lowest BCUT2D eigenvalue weighted by Crippen LogP contribution is -1.95. The number of hydrogen-bond acceptors (Lipinski definition) is 3. The van der Waals surface area contributed by atoms with Crippen molar-refractivity contribution < 1.29 is 14.2 Å². The Morgan fingerprint density at radius 3 is 2.67 bits per heavy atom. The second-order valence-corrected chi connectivity index (χ2v) is 4.69. The van der Waals surface area contributed by atoms with Gasteiger partial charge in [0.1, 0.15) is 5.75 Å². The van der Waals surface area contributed by atoms with Crippen molar-refractivity contribution in [3.8, 4) is 11.5 Å². The summed E-state index contributed by atoms with van der Waals surface area (Å²) in [5.41, 5.74) is 0.540. The second-order valence-electron chi connectivity index (χ2n) is 3.77. The van der Waals surface area contributed by atoms with Crippen LogP contribution in [0, 0.1) is 5.82 Å². The van der Waals surface area contributed by atoms with E-state index in [0.29, 0.717) is 15.9 Å². The third kappa shape index (κ3) is 3.05. The summed E-state index contributed by atoms with van der Waals surface area (Å²) in [4.78, 5) is 4.01. The van der Waals surface area contributed by atoms with Gasteiger partial charge in [0.15, 0.2) is 11.6 Å². The van der Waals surface area contributed by atoms with Gasteiger partial charge in [-0.05, 0) is 37.3 Å². The van der Waals surface area contributed by atoms with Crippen LogP contribution in [-0.2, 0) is 0 Å². The highest BCUT2D eigenvalue weighted by molar-refractivity contribution is 9.10. The highest BCUT2D eigenvalue weighted by Gasteiger charge is 2.07. The Kier molecular flexibility index (Phi) is 3.93. The largest absolute Gasteiger partial charge is 0.453 e. The fraction of sp³-hybridized carbons (Fsp3) is 0.154. The van der Waals surface area contributed by atoms with Gasteiger partial charge in [-0.25, -0.2) is 4.39 Å². The molecule has 1 unspecified atom stereocenters. The van der Waals surface area contributed by atoms with E-state index in [1.165, 1.54) is 18.3 Å². The summed E-state index contributed by atoms with van der Waals surface area (Å²) in [6.07, 6.45) is 0.812.